The first-order chi connectivity index (χ1) is 9.02. The van der Waals surface area contributed by atoms with Crippen LogP contribution < -0.4 is 4.74 Å². The first-order valence-electron chi connectivity index (χ1n) is 5.49. The van der Waals surface area contributed by atoms with Crippen molar-refractivity contribution in [3.63, 3.8) is 0 Å². The highest BCUT2D eigenvalue weighted by Gasteiger charge is 2.20. The molecule has 2 aromatic rings. The molecule has 19 heavy (non-hydrogen) atoms. The van der Waals surface area contributed by atoms with Crippen LogP contribution in [-0.2, 0) is 0 Å². The summed E-state index contributed by atoms with van der Waals surface area (Å²) in [4.78, 5) is 0. The average Bonchev–Trinajstić information content (AvgIpc) is 2.38. The van der Waals surface area contributed by atoms with E-state index in [1.54, 1.807) is 0 Å². The van der Waals surface area contributed by atoms with Gasteiger partial charge in [0.2, 0.25) is 0 Å². The summed E-state index contributed by atoms with van der Waals surface area (Å²) in [6, 6.07) is 6.33. The normalized spacial score (nSPS) is 12.3. The molecule has 1 atom stereocenters. The third-order valence-corrected chi connectivity index (χ3v) is 2.74. The molecule has 0 radical (unpaired) electrons. The minimum atomic E-state index is -1.44. The lowest BCUT2D eigenvalue weighted by atomic mass is 10.00. The van der Waals surface area contributed by atoms with Gasteiger partial charge in [-0.15, -0.1) is 0 Å². The fourth-order valence-electron chi connectivity index (χ4n) is 1.81. The summed E-state index contributed by atoms with van der Waals surface area (Å²) < 4.78 is 44.6. The molecule has 100 valence electrons. The van der Waals surface area contributed by atoms with E-state index in [4.69, 9.17) is 4.74 Å². The summed E-state index contributed by atoms with van der Waals surface area (Å²) in [6.45, 7) is 0. The van der Waals surface area contributed by atoms with E-state index >= 15 is 0 Å². The van der Waals surface area contributed by atoms with E-state index in [0.29, 0.717) is 6.07 Å². The van der Waals surface area contributed by atoms with Gasteiger partial charge in [0.15, 0.2) is 0 Å². The molecule has 0 aliphatic rings. The Kier molecular flexibility index (Phi) is 3.76. The maximum absolute atomic E-state index is 13.6. The van der Waals surface area contributed by atoms with E-state index in [2.05, 4.69) is 0 Å². The van der Waals surface area contributed by atoms with Crippen molar-refractivity contribution in [2.75, 3.05) is 7.11 Å². The molecule has 0 aliphatic heterocycles. The quantitative estimate of drug-likeness (QED) is 0.926. The van der Waals surface area contributed by atoms with E-state index in [0.717, 1.165) is 24.3 Å². The lowest BCUT2D eigenvalue weighted by Crippen LogP contribution is -2.05. The van der Waals surface area contributed by atoms with Crippen molar-refractivity contribution >= 4 is 0 Å². The number of ether oxygens (including phenoxy) is 1. The molecule has 2 nitrogen and oxygen atoms in total. The van der Waals surface area contributed by atoms with Crippen molar-refractivity contribution < 1.29 is 23.0 Å². The molecule has 1 unspecified atom stereocenters. The van der Waals surface area contributed by atoms with Crippen molar-refractivity contribution in [2.45, 2.75) is 6.10 Å². The predicted octanol–water partition coefficient (Wildman–Crippen LogP) is 3.19. The molecule has 5 heteroatoms. The molecule has 0 heterocycles. The van der Waals surface area contributed by atoms with E-state index < -0.39 is 23.6 Å². The van der Waals surface area contributed by atoms with E-state index in [9.17, 15) is 18.3 Å². The number of aliphatic hydroxyl groups excluding tert-OH is 1. The Hall–Kier alpha value is -2.01. The first-order valence-corrected chi connectivity index (χ1v) is 5.49. The molecule has 0 saturated carbocycles. The van der Waals surface area contributed by atoms with Gasteiger partial charge in [0, 0.05) is 17.2 Å². The van der Waals surface area contributed by atoms with Crippen molar-refractivity contribution in [1.82, 2.24) is 0 Å². The zero-order valence-electron chi connectivity index (χ0n) is 10.0. The van der Waals surface area contributed by atoms with Crippen LogP contribution in [0.5, 0.6) is 5.75 Å². The third-order valence-electron chi connectivity index (χ3n) is 2.74. The molecule has 2 aromatic carbocycles. The minimum Gasteiger partial charge on any atom is -0.496 e. The summed E-state index contributed by atoms with van der Waals surface area (Å²) in [5.41, 5.74) is -0.0710. The van der Waals surface area contributed by atoms with Crippen LogP contribution in [0.3, 0.4) is 0 Å². The monoisotopic (exact) mass is 268 g/mol. The van der Waals surface area contributed by atoms with E-state index in [-0.39, 0.29) is 16.9 Å². The van der Waals surface area contributed by atoms with Gasteiger partial charge in [-0.25, -0.2) is 13.2 Å². The number of hydrogen-bond acceptors (Lipinski definition) is 2. The molecular formula is C14H11F3O2. The highest BCUT2D eigenvalue weighted by molar-refractivity contribution is 5.41. The molecule has 0 saturated heterocycles. The van der Waals surface area contributed by atoms with Crippen LogP contribution in [0.1, 0.15) is 17.2 Å². The number of methoxy groups -OCH3 is 1. The summed E-state index contributed by atoms with van der Waals surface area (Å²) in [6.07, 6.45) is -1.44. The average molecular weight is 268 g/mol. The second kappa shape index (κ2) is 5.32. The topological polar surface area (TPSA) is 29.5 Å². The Bertz CT molecular complexity index is 599. The van der Waals surface area contributed by atoms with Gasteiger partial charge in [-0.1, -0.05) is 6.07 Å². The van der Waals surface area contributed by atoms with E-state index in [1.165, 1.54) is 13.2 Å². The summed E-state index contributed by atoms with van der Waals surface area (Å²) in [5, 5.41) is 10.1. The van der Waals surface area contributed by atoms with Gasteiger partial charge in [0.05, 0.1) is 7.11 Å². The van der Waals surface area contributed by atoms with Crippen LogP contribution >= 0.6 is 0 Å². The van der Waals surface area contributed by atoms with E-state index in [1.807, 2.05) is 0 Å². The Morgan fingerprint density at radius 3 is 2.21 bits per heavy atom. The van der Waals surface area contributed by atoms with Gasteiger partial charge in [0.25, 0.3) is 0 Å². The molecule has 0 aliphatic carbocycles. The fraction of sp³-hybridized carbons (Fsp3) is 0.143. The molecular weight excluding hydrogens is 257 g/mol. The molecule has 0 amide bonds. The second-order valence-electron chi connectivity index (χ2n) is 3.95. The molecule has 0 bridgehead atoms. The Morgan fingerprint density at radius 1 is 0.947 bits per heavy atom. The van der Waals surface area contributed by atoms with Crippen molar-refractivity contribution in [3.05, 3.63) is 65.0 Å². The summed E-state index contributed by atoms with van der Waals surface area (Å²) in [7, 11) is 1.35. The predicted molar refractivity (Wildman–Crippen MR) is 63.4 cm³/mol. The van der Waals surface area contributed by atoms with Gasteiger partial charge in [-0.05, 0) is 24.3 Å². The number of halogens is 3. The fourth-order valence-corrected chi connectivity index (χ4v) is 1.81. The summed E-state index contributed by atoms with van der Waals surface area (Å²) in [5.74, 6) is -2.02. The maximum atomic E-state index is 13.6. The molecule has 0 spiro atoms. The SMILES string of the molecule is COc1ccc(F)cc1C(O)c1ccc(F)cc1F. The van der Waals surface area contributed by atoms with Gasteiger partial charge in [-0.3, -0.25) is 0 Å². The molecule has 0 fully saturated rings. The lowest BCUT2D eigenvalue weighted by molar-refractivity contribution is 0.209. The summed E-state index contributed by atoms with van der Waals surface area (Å²) >= 11 is 0. The molecule has 2 rings (SSSR count). The Morgan fingerprint density at radius 2 is 1.58 bits per heavy atom. The lowest BCUT2D eigenvalue weighted by Gasteiger charge is -2.16. The van der Waals surface area contributed by atoms with Crippen molar-refractivity contribution in [1.29, 1.82) is 0 Å². The van der Waals surface area contributed by atoms with Crippen LogP contribution in [0, 0.1) is 17.5 Å². The number of hydrogen-bond donors (Lipinski definition) is 1. The maximum Gasteiger partial charge on any atom is 0.132 e. The number of benzene rings is 2. The van der Waals surface area contributed by atoms with Crippen LogP contribution in [0.15, 0.2) is 36.4 Å². The van der Waals surface area contributed by atoms with Gasteiger partial charge < -0.3 is 9.84 Å². The highest BCUT2D eigenvalue weighted by atomic mass is 19.1. The van der Waals surface area contributed by atoms with Gasteiger partial charge >= 0.3 is 0 Å². The zero-order valence-corrected chi connectivity index (χ0v) is 10.0. The zero-order chi connectivity index (χ0) is 14.0. The molecule has 1 N–H and O–H groups in total. The first kappa shape index (κ1) is 13.4. The second-order valence-corrected chi connectivity index (χ2v) is 3.95. The minimum absolute atomic E-state index is 0.0769. The molecule has 0 aromatic heterocycles. The van der Waals surface area contributed by atoms with Gasteiger partial charge in [-0.2, -0.15) is 0 Å². The van der Waals surface area contributed by atoms with Crippen LogP contribution in [-0.4, -0.2) is 12.2 Å². The highest BCUT2D eigenvalue weighted by Crippen LogP contribution is 2.31. The van der Waals surface area contributed by atoms with Gasteiger partial charge in [0.1, 0.15) is 29.3 Å². The van der Waals surface area contributed by atoms with Crippen LogP contribution in [0.2, 0.25) is 0 Å². The number of aliphatic hydroxyl groups is 1. The smallest absolute Gasteiger partial charge is 0.132 e. The Labute approximate surface area is 108 Å². The largest absolute Gasteiger partial charge is 0.496 e. The Balaban J connectivity index is 2.49. The third kappa shape index (κ3) is 2.71. The number of rotatable bonds is 3. The van der Waals surface area contributed by atoms with Crippen LogP contribution in [0.25, 0.3) is 0 Å². The van der Waals surface area contributed by atoms with Crippen molar-refractivity contribution in [2.24, 2.45) is 0 Å². The standard InChI is InChI=1S/C14H11F3O2/c1-19-13-5-3-8(15)6-11(13)14(18)10-4-2-9(16)7-12(10)17/h2-7,14,18H,1H3. The van der Waals surface area contributed by atoms with Crippen molar-refractivity contribution in [3.8, 4) is 5.75 Å². The van der Waals surface area contributed by atoms with Crippen LogP contribution in [0.4, 0.5) is 13.2 Å².